The van der Waals surface area contributed by atoms with Crippen molar-refractivity contribution in [1.29, 1.82) is 0 Å². The fourth-order valence-corrected chi connectivity index (χ4v) is 5.21. The van der Waals surface area contributed by atoms with Crippen molar-refractivity contribution in [3.8, 4) is 11.5 Å². The highest BCUT2D eigenvalue weighted by Gasteiger charge is 2.18. The van der Waals surface area contributed by atoms with Crippen LogP contribution in [0.1, 0.15) is 16.1 Å². The second-order valence-corrected chi connectivity index (χ2v) is 9.98. The smallest absolute Gasteiger partial charge is 0.263 e. The molecule has 0 radical (unpaired) electrons. The van der Waals surface area contributed by atoms with Gasteiger partial charge in [0.15, 0.2) is 10.9 Å². The summed E-state index contributed by atoms with van der Waals surface area (Å²) in [4.78, 5) is 21.8. The molecule has 5 aromatic rings. The number of aryl methyl sites for hydroxylation is 1. The first-order chi connectivity index (χ1) is 16.4. The average molecular weight is 491 g/mol. The minimum atomic E-state index is -3.78. The molecule has 0 aliphatic heterocycles. The topological polar surface area (TPSA) is 114 Å². The van der Waals surface area contributed by atoms with Gasteiger partial charge in [0.05, 0.1) is 16.0 Å². The molecule has 0 fully saturated rings. The quantitative estimate of drug-likeness (QED) is 0.333. The third-order valence-corrected chi connectivity index (χ3v) is 7.20. The van der Waals surface area contributed by atoms with Gasteiger partial charge >= 0.3 is 0 Å². The second kappa shape index (κ2) is 8.73. The Hall–Kier alpha value is -4.02. The van der Waals surface area contributed by atoms with E-state index in [-0.39, 0.29) is 15.9 Å². The molecule has 1 amide bonds. The van der Waals surface area contributed by atoms with Crippen LogP contribution in [0.5, 0.6) is 0 Å². The van der Waals surface area contributed by atoms with Crippen LogP contribution in [0, 0.1) is 6.92 Å². The highest BCUT2D eigenvalue weighted by molar-refractivity contribution is 7.93. The van der Waals surface area contributed by atoms with E-state index in [1.165, 1.54) is 41.8 Å². The van der Waals surface area contributed by atoms with Crippen LogP contribution < -0.4 is 10.0 Å². The number of nitrogens with zero attached hydrogens (tertiary/aromatic N) is 2. The molecule has 0 saturated heterocycles. The molecule has 10 heteroatoms. The van der Waals surface area contributed by atoms with Crippen molar-refractivity contribution in [1.82, 2.24) is 9.97 Å². The third kappa shape index (κ3) is 4.41. The van der Waals surface area contributed by atoms with E-state index in [0.717, 1.165) is 5.76 Å². The number of benzene rings is 2. The van der Waals surface area contributed by atoms with Gasteiger partial charge < -0.3 is 9.73 Å². The van der Waals surface area contributed by atoms with Crippen LogP contribution in [0.15, 0.2) is 87.6 Å². The van der Waals surface area contributed by atoms with Crippen LogP contribution in [-0.2, 0) is 10.0 Å². The molecule has 8 nitrogen and oxygen atoms in total. The van der Waals surface area contributed by atoms with Gasteiger partial charge in [-0.25, -0.2) is 18.4 Å². The maximum absolute atomic E-state index is 13.2. The maximum Gasteiger partial charge on any atom is 0.263 e. The first-order valence-corrected chi connectivity index (χ1v) is 12.6. The number of carbonyl (C=O) groups is 1. The van der Waals surface area contributed by atoms with Crippen LogP contribution in [0.3, 0.4) is 0 Å². The molecule has 170 valence electrons. The Kier molecular flexibility index (Phi) is 5.60. The fraction of sp³-hybridized carbons (Fsp3) is 0.0417. The molecule has 0 atom stereocenters. The van der Waals surface area contributed by atoms with E-state index in [2.05, 4.69) is 20.0 Å². The van der Waals surface area contributed by atoms with Crippen molar-refractivity contribution in [2.45, 2.75) is 11.8 Å². The molecule has 2 N–H and O–H groups in total. The van der Waals surface area contributed by atoms with Crippen molar-refractivity contribution in [2.75, 3.05) is 10.0 Å². The van der Waals surface area contributed by atoms with Gasteiger partial charge in [-0.3, -0.25) is 9.52 Å². The highest BCUT2D eigenvalue weighted by Crippen LogP contribution is 2.27. The van der Waals surface area contributed by atoms with Gasteiger partial charge in [-0.05, 0) is 55.5 Å². The first-order valence-electron chi connectivity index (χ1n) is 10.2. The van der Waals surface area contributed by atoms with Gasteiger partial charge in [0.1, 0.15) is 11.5 Å². The molecule has 2 aromatic carbocycles. The normalized spacial score (nSPS) is 11.4. The summed E-state index contributed by atoms with van der Waals surface area (Å²) in [5.41, 5.74) is 2.09. The predicted octanol–water partition coefficient (Wildman–Crippen LogP) is 5.31. The lowest BCUT2D eigenvalue weighted by Crippen LogP contribution is -2.14. The summed E-state index contributed by atoms with van der Waals surface area (Å²) in [5, 5.41) is 5.49. The van der Waals surface area contributed by atoms with Crippen molar-refractivity contribution >= 4 is 49.0 Å². The molecule has 0 saturated carbocycles. The van der Waals surface area contributed by atoms with Gasteiger partial charge in [0, 0.05) is 22.7 Å². The number of carbonyl (C=O) groups excluding carboxylic acids is 1. The number of aromatic nitrogens is 2. The number of anilines is 2. The molecule has 0 unspecified atom stereocenters. The van der Waals surface area contributed by atoms with E-state index in [1.54, 1.807) is 11.4 Å². The first kappa shape index (κ1) is 21.8. The van der Waals surface area contributed by atoms with Crippen molar-refractivity contribution in [2.24, 2.45) is 0 Å². The number of sulfonamides is 1. The molecule has 3 heterocycles. The maximum atomic E-state index is 13.2. The van der Waals surface area contributed by atoms with E-state index >= 15 is 0 Å². The summed E-state index contributed by atoms with van der Waals surface area (Å²) < 4.78 is 33.2. The van der Waals surface area contributed by atoms with Gasteiger partial charge in [-0.15, -0.1) is 11.3 Å². The number of fused-ring (bicyclic) bond motifs is 1. The molecule has 0 aliphatic carbocycles. The Labute approximate surface area is 199 Å². The molecule has 0 spiro atoms. The van der Waals surface area contributed by atoms with E-state index in [0.29, 0.717) is 33.6 Å². The van der Waals surface area contributed by atoms with Crippen LogP contribution >= 0.6 is 11.3 Å². The van der Waals surface area contributed by atoms with E-state index in [9.17, 15) is 13.2 Å². The number of amides is 1. The van der Waals surface area contributed by atoms with Gasteiger partial charge in [0.2, 0.25) is 0 Å². The number of nitrogens with one attached hydrogen (secondary N) is 2. The molecule has 34 heavy (non-hydrogen) atoms. The molecular weight excluding hydrogens is 472 g/mol. The zero-order chi connectivity index (χ0) is 23.7. The number of furan rings is 1. The molecular formula is C24H18N4O4S2. The standard InChI is InChI=1S/C24H18N4O4S2/c1-15-6-11-22(32-15)21-14-19(18-4-2-3-5-20(18)27-21)23(29)26-16-7-9-17(10-8-16)34(30,31)28-24-25-12-13-33-24/h2-14H,1H3,(H,25,28)(H,26,29). The Morgan fingerprint density at radius 2 is 1.82 bits per heavy atom. The third-order valence-electron chi connectivity index (χ3n) is 5.03. The van der Waals surface area contributed by atoms with Crippen LogP contribution in [0.4, 0.5) is 10.8 Å². The summed E-state index contributed by atoms with van der Waals surface area (Å²) in [7, 11) is -3.78. The number of thiazole rings is 1. The van der Waals surface area contributed by atoms with Gasteiger partial charge in [0.25, 0.3) is 15.9 Å². The number of rotatable bonds is 6. The number of hydrogen-bond donors (Lipinski definition) is 2. The molecule has 0 aliphatic rings. The SMILES string of the molecule is Cc1ccc(-c2cc(C(=O)Nc3ccc(S(=O)(=O)Nc4nccs4)cc3)c3ccccc3n2)o1. The second-order valence-electron chi connectivity index (χ2n) is 7.40. The van der Waals surface area contributed by atoms with Crippen molar-refractivity contribution in [3.05, 3.63) is 89.6 Å². The Morgan fingerprint density at radius 3 is 2.53 bits per heavy atom. The van der Waals surface area contributed by atoms with Crippen LogP contribution in [-0.4, -0.2) is 24.3 Å². The number of para-hydroxylation sites is 1. The van der Waals surface area contributed by atoms with Crippen LogP contribution in [0.2, 0.25) is 0 Å². The predicted molar refractivity (Wildman–Crippen MR) is 131 cm³/mol. The zero-order valence-electron chi connectivity index (χ0n) is 17.8. The van der Waals surface area contributed by atoms with E-state index in [1.807, 2.05) is 43.3 Å². The summed E-state index contributed by atoms with van der Waals surface area (Å²) in [6, 6.07) is 18.6. The minimum Gasteiger partial charge on any atom is -0.460 e. The summed E-state index contributed by atoms with van der Waals surface area (Å²) in [6.07, 6.45) is 1.52. The fourth-order valence-electron chi connectivity index (χ4n) is 3.43. The Bertz CT molecular complexity index is 1590. The highest BCUT2D eigenvalue weighted by atomic mass is 32.2. The lowest BCUT2D eigenvalue weighted by molar-refractivity contribution is 0.102. The summed E-state index contributed by atoms with van der Waals surface area (Å²) >= 11 is 1.19. The number of hydrogen-bond acceptors (Lipinski definition) is 7. The zero-order valence-corrected chi connectivity index (χ0v) is 19.5. The largest absolute Gasteiger partial charge is 0.460 e. The number of pyridine rings is 1. The van der Waals surface area contributed by atoms with Crippen molar-refractivity contribution in [3.63, 3.8) is 0 Å². The van der Waals surface area contributed by atoms with Gasteiger partial charge in [-0.1, -0.05) is 18.2 Å². The van der Waals surface area contributed by atoms with E-state index in [4.69, 9.17) is 4.42 Å². The summed E-state index contributed by atoms with van der Waals surface area (Å²) in [5.74, 6) is 0.967. The lowest BCUT2D eigenvalue weighted by Gasteiger charge is -2.11. The molecule has 3 aromatic heterocycles. The monoisotopic (exact) mass is 490 g/mol. The van der Waals surface area contributed by atoms with Gasteiger partial charge in [-0.2, -0.15) is 0 Å². The summed E-state index contributed by atoms with van der Waals surface area (Å²) in [6.45, 7) is 1.84. The van der Waals surface area contributed by atoms with Crippen molar-refractivity contribution < 1.29 is 17.6 Å². The Morgan fingerprint density at radius 1 is 1.03 bits per heavy atom. The lowest BCUT2D eigenvalue weighted by atomic mass is 10.1. The molecule has 0 bridgehead atoms. The minimum absolute atomic E-state index is 0.0607. The average Bonchev–Trinajstić information content (AvgIpc) is 3.50. The molecule has 5 rings (SSSR count). The van der Waals surface area contributed by atoms with Crippen LogP contribution in [0.25, 0.3) is 22.4 Å². The van der Waals surface area contributed by atoms with E-state index < -0.39 is 10.0 Å². The Balaban J connectivity index is 1.42.